The minimum atomic E-state index is 0. The van der Waals surface area contributed by atoms with E-state index in [4.69, 9.17) is 26.1 Å². The van der Waals surface area contributed by atoms with Crippen LogP contribution in [-0.2, 0) is 6.54 Å². The maximum atomic E-state index is 6.27. The molecule has 4 rings (SSSR count). The first-order valence-electron chi connectivity index (χ1n) is 9.64. The molecule has 1 aromatic heterocycles. The van der Waals surface area contributed by atoms with Crippen LogP contribution in [0.3, 0.4) is 0 Å². The second-order valence-corrected chi connectivity index (χ2v) is 8.20. The lowest BCUT2D eigenvalue weighted by molar-refractivity contribution is 0.174. The molecule has 0 aliphatic carbocycles. The van der Waals surface area contributed by atoms with Crippen LogP contribution in [-0.4, -0.2) is 38.4 Å². The van der Waals surface area contributed by atoms with Gasteiger partial charge in [0.25, 0.3) is 0 Å². The number of nitrogens with one attached hydrogen (secondary N) is 2. The molecule has 0 atom stereocenters. The number of anilines is 1. The van der Waals surface area contributed by atoms with Gasteiger partial charge in [-0.1, -0.05) is 11.6 Å². The summed E-state index contributed by atoms with van der Waals surface area (Å²) >= 11 is 8.08. The highest BCUT2D eigenvalue weighted by molar-refractivity contribution is 14.0. The summed E-state index contributed by atoms with van der Waals surface area (Å²) < 4.78 is 10.8. The molecular weight excluding hydrogens is 523 g/mol. The van der Waals surface area contributed by atoms with Gasteiger partial charge in [-0.15, -0.1) is 35.3 Å². The summed E-state index contributed by atoms with van der Waals surface area (Å²) in [5, 5.41) is 11.0. The molecule has 0 bridgehead atoms. The smallest absolute Gasteiger partial charge is 0.231 e. The summed E-state index contributed by atoms with van der Waals surface area (Å²) in [7, 11) is 0. The van der Waals surface area contributed by atoms with Gasteiger partial charge in [0.15, 0.2) is 17.5 Å². The third kappa shape index (κ3) is 5.61. The predicted molar refractivity (Wildman–Crippen MR) is 130 cm³/mol. The highest BCUT2D eigenvalue weighted by atomic mass is 127. The molecule has 0 saturated carbocycles. The summed E-state index contributed by atoms with van der Waals surface area (Å²) in [5.41, 5.74) is 0.999. The Labute approximate surface area is 197 Å². The number of fused-ring (bicyclic) bond motifs is 1. The van der Waals surface area contributed by atoms with E-state index in [9.17, 15) is 0 Å². The minimum absolute atomic E-state index is 0. The number of aliphatic imine (C=N–C) groups is 1. The normalized spacial score (nSPS) is 16.5. The maximum Gasteiger partial charge on any atom is 0.231 e. The van der Waals surface area contributed by atoms with Gasteiger partial charge in [0, 0.05) is 25.7 Å². The standard InChI is InChI=1S/C20H25ClN4O2S.HI/c1-2-22-20(23-12-14-10-16(21)19-17(11-14)26-13-27-19)24-15-5-7-25(8-6-15)18-4-3-9-28-18;/h3-4,9-11,15H,2,5-8,12-13H2,1H3,(H2,22,23,24);1H. The van der Waals surface area contributed by atoms with Crippen molar-refractivity contribution in [3.05, 3.63) is 40.2 Å². The quantitative estimate of drug-likeness (QED) is 0.328. The molecular formula is C20H26ClIN4O2S. The van der Waals surface area contributed by atoms with E-state index in [0.717, 1.165) is 44.0 Å². The van der Waals surface area contributed by atoms with Crippen molar-refractivity contribution in [2.75, 3.05) is 31.3 Å². The van der Waals surface area contributed by atoms with Crippen LogP contribution in [0.15, 0.2) is 34.6 Å². The van der Waals surface area contributed by atoms with Crippen molar-refractivity contribution >= 4 is 57.9 Å². The van der Waals surface area contributed by atoms with Crippen LogP contribution in [0.2, 0.25) is 5.02 Å². The second-order valence-electron chi connectivity index (χ2n) is 6.86. The highest BCUT2D eigenvalue weighted by Gasteiger charge is 2.21. The molecule has 2 aliphatic rings. The summed E-state index contributed by atoms with van der Waals surface area (Å²) in [6.07, 6.45) is 2.19. The van der Waals surface area contributed by atoms with E-state index in [-0.39, 0.29) is 30.8 Å². The van der Waals surface area contributed by atoms with Crippen LogP contribution in [0.1, 0.15) is 25.3 Å². The first kappa shape index (κ1) is 22.3. The number of nitrogens with zero attached hydrogens (tertiary/aromatic N) is 2. The van der Waals surface area contributed by atoms with Gasteiger partial charge in [0.1, 0.15) is 0 Å². The van der Waals surface area contributed by atoms with Crippen molar-refractivity contribution in [3.8, 4) is 11.5 Å². The first-order chi connectivity index (χ1) is 13.7. The molecule has 6 nitrogen and oxygen atoms in total. The van der Waals surface area contributed by atoms with Crippen LogP contribution in [0.5, 0.6) is 11.5 Å². The van der Waals surface area contributed by atoms with Gasteiger partial charge in [-0.05, 0) is 55.0 Å². The SMILES string of the molecule is CCNC(=NCc1cc(Cl)c2c(c1)OCO2)NC1CCN(c2cccs2)CC1.I. The molecule has 2 N–H and O–H groups in total. The molecule has 2 aromatic rings. The summed E-state index contributed by atoms with van der Waals surface area (Å²) in [6.45, 7) is 5.77. The zero-order chi connectivity index (χ0) is 19.3. The largest absolute Gasteiger partial charge is 0.454 e. The number of thiophene rings is 1. The van der Waals surface area contributed by atoms with Gasteiger partial charge in [-0.25, -0.2) is 4.99 Å². The van der Waals surface area contributed by atoms with E-state index in [2.05, 4.69) is 40.0 Å². The van der Waals surface area contributed by atoms with Crippen molar-refractivity contribution in [1.29, 1.82) is 0 Å². The molecule has 1 saturated heterocycles. The lowest BCUT2D eigenvalue weighted by Crippen LogP contribution is -2.48. The Bertz CT molecular complexity index is 826. The van der Waals surface area contributed by atoms with Gasteiger partial charge < -0.3 is 25.0 Å². The molecule has 158 valence electrons. The average Bonchev–Trinajstić information content (AvgIpc) is 3.39. The molecule has 1 aromatic carbocycles. The van der Waals surface area contributed by atoms with E-state index in [0.29, 0.717) is 29.1 Å². The lowest BCUT2D eigenvalue weighted by Gasteiger charge is -2.33. The van der Waals surface area contributed by atoms with Crippen molar-refractivity contribution in [1.82, 2.24) is 10.6 Å². The van der Waals surface area contributed by atoms with Crippen molar-refractivity contribution in [3.63, 3.8) is 0 Å². The summed E-state index contributed by atoms with van der Waals surface area (Å²) in [4.78, 5) is 7.20. The Morgan fingerprint density at radius 3 is 2.86 bits per heavy atom. The molecule has 29 heavy (non-hydrogen) atoms. The maximum absolute atomic E-state index is 6.27. The number of hydrogen-bond donors (Lipinski definition) is 2. The van der Waals surface area contributed by atoms with Crippen LogP contribution >= 0.6 is 46.9 Å². The Morgan fingerprint density at radius 1 is 1.31 bits per heavy atom. The fourth-order valence-electron chi connectivity index (χ4n) is 3.49. The van der Waals surface area contributed by atoms with Gasteiger partial charge in [-0.3, -0.25) is 0 Å². The van der Waals surface area contributed by atoms with Crippen LogP contribution in [0.25, 0.3) is 0 Å². The molecule has 1 fully saturated rings. The molecule has 0 unspecified atom stereocenters. The summed E-state index contributed by atoms with van der Waals surface area (Å²) in [5.74, 6) is 2.15. The monoisotopic (exact) mass is 548 g/mol. The number of halogens is 2. The lowest BCUT2D eigenvalue weighted by atomic mass is 10.1. The summed E-state index contributed by atoms with van der Waals surface area (Å²) in [6, 6.07) is 8.57. The van der Waals surface area contributed by atoms with Gasteiger partial charge in [0.2, 0.25) is 6.79 Å². The third-order valence-corrected chi connectivity index (χ3v) is 6.11. The number of rotatable bonds is 5. The number of piperidine rings is 1. The van der Waals surface area contributed by atoms with Gasteiger partial charge in [-0.2, -0.15) is 0 Å². The first-order valence-corrected chi connectivity index (χ1v) is 10.9. The molecule has 0 spiro atoms. The molecule has 2 aliphatic heterocycles. The van der Waals surface area contributed by atoms with E-state index in [1.807, 2.05) is 23.5 Å². The van der Waals surface area contributed by atoms with Crippen LogP contribution in [0, 0.1) is 0 Å². The number of guanidine groups is 1. The number of ether oxygens (including phenoxy) is 2. The molecule has 0 radical (unpaired) electrons. The Kier molecular flexibility index (Phi) is 8.14. The molecule has 3 heterocycles. The van der Waals surface area contributed by atoms with Crippen LogP contribution < -0.4 is 25.0 Å². The van der Waals surface area contributed by atoms with E-state index in [1.165, 1.54) is 5.00 Å². The average molecular weight is 549 g/mol. The zero-order valence-corrected chi connectivity index (χ0v) is 20.2. The third-order valence-electron chi connectivity index (χ3n) is 4.90. The predicted octanol–water partition coefficient (Wildman–Crippen LogP) is 4.47. The number of benzene rings is 1. The van der Waals surface area contributed by atoms with E-state index >= 15 is 0 Å². The number of hydrogen-bond acceptors (Lipinski definition) is 5. The Morgan fingerprint density at radius 2 is 2.14 bits per heavy atom. The second kappa shape index (κ2) is 10.6. The van der Waals surface area contributed by atoms with Crippen molar-refractivity contribution in [2.24, 2.45) is 4.99 Å². The van der Waals surface area contributed by atoms with Crippen molar-refractivity contribution < 1.29 is 9.47 Å². The highest BCUT2D eigenvalue weighted by Crippen LogP contribution is 2.39. The van der Waals surface area contributed by atoms with E-state index in [1.54, 1.807) is 0 Å². The fraction of sp³-hybridized carbons (Fsp3) is 0.450. The topological polar surface area (TPSA) is 58.1 Å². The van der Waals surface area contributed by atoms with Gasteiger partial charge in [0.05, 0.1) is 16.6 Å². The molecule has 9 heteroatoms. The van der Waals surface area contributed by atoms with Crippen LogP contribution in [0.4, 0.5) is 5.00 Å². The Hall–Kier alpha value is -1.39. The Balaban J connectivity index is 0.00000240. The van der Waals surface area contributed by atoms with Gasteiger partial charge >= 0.3 is 0 Å². The zero-order valence-electron chi connectivity index (χ0n) is 16.3. The van der Waals surface area contributed by atoms with Crippen molar-refractivity contribution in [2.45, 2.75) is 32.4 Å². The minimum Gasteiger partial charge on any atom is -0.454 e. The fourth-order valence-corrected chi connectivity index (χ4v) is 4.56. The molecule has 0 amide bonds. The van der Waals surface area contributed by atoms with E-state index < -0.39 is 0 Å².